The first-order valence-corrected chi connectivity index (χ1v) is 16.8. The average Bonchev–Trinajstić information content (AvgIpc) is 3.53. The Morgan fingerprint density at radius 3 is 1.59 bits per heavy atom. The molecule has 3 aromatic carbocycles. The molecule has 0 spiro atoms. The predicted octanol–water partition coefficient (Wildman–Crippen LogP) is 9.52. The van der Waals surface area contributed by atoms with Gasteiger partial charge in [0.15, 0.2) is 0 Å². The fourth-order valence-electron chi connectivity index (χ4n) is 8.48. The Kier molecular flexibility index (Phi) is 7.55. The molecule has 2 heterocycles. The molecule has 0 saturated carbocycles. The van der Waals surface area contributed by atoms with Gasteiger partial charge in [-0.25, -0.2) is 0 Å². The van der Waals surface area contributed by atoms with E-state index in [1.165, 1.54) is 5.44 Å². The van der Waals surface area contributed by atoms with Gasteiger partial charge in [-0.2, -0.15) is 0 Å². The van der Waals surface area contributed by atoms with Crippen molar-refractivity contribution in [2.24, 2.45) is 0 Å². The van der Waals surface area contributed by atoms with Crippen LogP contribution >= 0.6 is 7.26 Å². The van der Waals surface area contributed by atoms with Crippen LogP contribution in [0.4, 0.5) is 5.69 Å². The minimum atomic E-state index is -2.34. The summed E-state index contributed by atoms with van der Waals surface area (Å²) in [7, 11) is -2.34. The number of aromatic nitrogens is 2. The Morgan fingerprint density at radius 1 is 0.634 bits per heavy atom. The average molecular weight is 567 g/mol. The second-order valence-electron chi connectivity index (χ2n) is 14.3. The first-order valence-electron chi connectivity index (χ1n) is 14.8. The molecule has 1 aliphatic rings. The van der Waals surface area contributed by atoms with Crippen molar-refractivity contribution in [3.8, 4) is 28.2 Å². The van der Waals surface area contributed by atoms with Crippen LogP contribution in [0.25, 0.3) is 28.2 Å². The zero-order chi connectivity index (χ0) is 29.6. The molecular formula is C36H47N4P. The van der Waals surface area contributed by atoms with E-state index >= 15 is 0 Å². The number of hydrogen-bond donors (Lipinski definition) is 1. The van der Waals surface area contributed by atoms with Gasteiger partial charge in [0.05, 0.1) is 0 Å². The summed E-state index contributed by atoms with van der Waals surface area (Å²) in [5.41, 5.74) is 11.8. The fourth-order valence-corrected chi connectivity index (χ4v) is 18.5. The van der Waals surface area contributed by atoms with Crippen molar-refractivity contribution in [3.05, 3.63) is 103 Å². The van der Waals surface area contributed by atoms with Crippen LogP contribution in [0.15, 0.2) is 103 Å². The minimum absolute atomic E-state index is 0.0921. The van der Waals surface area contributed by atoms with E-state index < -0.39 is 7.26 Å². The number of para-hydroxylation sites is 1. The molecule has 0 fully saturated rings. The number of anilines is 1. The SMILES string of the molecule is CC(C)(C)[PH](C1=CCNN1c1c(-c2ccccc2)nn(-c2ccccc2)c1-c1ccccc1)(C(C)(C)C)C(C)(C)C. The van der Waals surface area contributed by atoms with Crippen LogP contribution < -0.4 is 10.4 Å². The van der Waals surface area contributed by atoms with Crippen molar-refractivity contribution in [1.29, 1.82) is 0 Å². The third kappa shape index (κ3) is 4.86. The summed E-state index contributed by atoms with van der Waals surface area (Å²) in [5.74, 6) is 0. The Morgan fingerprint density at radius 2 is 1.10 bits per heavy atom. The van der Waals surface area contributed by atoms with E-state index in [4.69, 9.17) is 5.10 Å². The van der Waals surface area contributed by atoms with Gasteiger partial charge >= 0.3 is 248 Å². The second-order valence-corrected chi connectivity index (χ2v) is 20.8. The Bertz CT molecular complexity index is 1480. The summed E-state index contributed by atoms with van der Waals surface area (Å²) in [6.45, 7) is 23.0. The summed E-state index contributed by atoms with van der Waals surface area (Å²) >= 11 is 0. The maximum absolute atomic E-state index is 5.40. The number of nitrogens with one attached hydrogen (secondary N) is 1. The molecule has 4 nitrogen and oxygen atoms in total. The van der Waals surface area contributed by atoms with Crippen molar-refractivity contribution >= 4 is 12.9 Å². The van der Waals surface area contributed by atoms with Crippen LogP contribution in [-0.2, 0) is 0 Å². The van der Waals surface area contributed by atoms with E-state index in [9.17, 15) is 0 Å². The molecule has 1 aliphatic heterocycles. The zero-order valence-electron chi connectivity index (χ0n) is 26.3. The first kappa shape index (κ1) is 29.3. The third-order valence-corrected chi connectivity index (χ3v) is 16.7. The maximum atomic E-state index is 5.40. The number of benzene rings is 3. The van der Waals surface area contributed by atoms with Gasteiger partial charge in [-0.1, -0.05) is 0 Å². The van der Waals surface area contributed by atoms with Crippen molar-refractivity contribution in [3.63, 3.8) is 0 Å². The molecular weight excluding hydrogens is 519 g/mol. The molecule has 41 heavy (non-hydrogen) atoms. The second kappa shape index (κ2) is 10.6. The summed E-state index contributed by atoms with van der Waals surface area (Å²) < 4.78 is 2.14. The summed E-state index contributed by atoms with van der Waals surface area (Å²) in [6, 6.07) is 31.9. The van der Waals surface area contributed by atoms with E-state index in [1.807, 2.05) is 0 Å². The summed E-state index contributed by atoms with van der Waals surface area (Å²) in [5, 5.41) is 8.12. The quantitative estimate of drug-likeness (QED) is 0.244. The zero-order valence-corrected chi connectivity index (χ0v) is 27.3. The third-order valence-electron chi connectivity index (χ3n) is 8.72. The predicted molar refractivity (Wildman–Crippen MR) is 181 cm³/mol. The molecule has 0 amide bonds. The molecule has 5 heteroatoms. The van der Waals surface area contributed by atoms with Crippen LogP contribution in [0.3, 0.4) is 0 Å². The van der Waals surface area contributed by atoms with Gasteiger partial charge in [-0.3, -0.25) is 0 Å². The van der Waals surface area contributed by atoms with Gasteiger partial charge in [0.1, 0.15) is 0 Å². The Labute approximate surface area is 247 Å². The molecule has 1 aromatic heterocycles. The summed E-state index contributed by atoms with van der Waals surface area (Å²) in [6.07, 6.45) is 2.48. The van der Waals surface area contributed by atoms with Crippen LogP contribution in [0.5, 0.6) is 0 Å². The van der Waals surface area contributed by atoms with Crippen molar-refractivity contribution in [2.75, 3.05) is 11.6 Å². The first-order chi connectivity index (χ1) is 19.3. The van der Waals surface area contributed by atoms with Gasteiger partial charge in [0.2, 0.25) is 0 Å². The molecule has 5 rings (SSSR count). The molecule has 0 unspecified atom stereocenters. The Hall–Kier alpha value is -3.20. The number of rotatable bonds is 5. The van der Waals surface area contributed by atoms with E-state index in [0.29, 0.717) is 0 Å². The van der Waals surface area contributed by atoms with Crippen LogP contribution in [-0.4, -0.2) is 31.8 Å². The topological polar surface area (TPSA) is 33.1 Å². The monoisotopic (exact) mass is 566 g/mol. The van der Waals surface area contributed by atoms with Crippen LogP contribution in [0, 0.1) is 0 Å². The molecule has 0 radical (unpaired) electrons. The van der Waals surface area contributed by atoms with Gasteiger partial charge < -0.3 is 0 Å². The number of hydrazine groups is 1. The molecule has 0 saturated heterocycles. The Balaban J connectivity index is 1.89. The summed E-state index contributed by atoms with van der Waals surface area (Å²) in [4.78, 5) is 0. The van der Waals surface area contributed by atoms with Gasteiger partial charge in [0.25, 0.3) is 0 Å². The number of hydrogen-bond acceptors (Lipinski definition) is 3. The van der Waals surface area contributed by atoms with Crippen molar-refractivity contribution < 1.29 is 0 Å². The normalized spacial score (nSPS) is 15.2. The van der Waals surface area contributed by atoms with E-state index in [1.54, 1.807) is 0 Å². The van der Waals surface area contributed by atoms with E-state index in [-0.39, 0.29) is 15.5 Å². The molecule has 216 valence electrons. The van der Waals surface area contributed by atoms with E-state index in [2.05, 4.69) is 175 Å². The standard InChI is InChI=1S/C36H47N4P/c1-34(2,3)41(35(4,5)6,36(7,8)9)30-25-26-37-40(30)33-31(27-19-13-10-14-20-27)38-39(29-23-17-12-18-24-29)32(33)28-21-15-11-16-22-28/h10-25,37,41H,26H2,1-9H3. The van der Waals surface area contributed by atoms with E-state index in [0.717, 1.165) is 40.4 Å². The molecule has 4 aromatic rings. The molecule has 0 aliphatic carbocycles. The van der Waals surface area contributed by atoms with Gasteiger partial charge in [-0.05, 0) is 0 Å². The van der Waals surface area contributed by atoms with Gasteiger partial charge in [0, 0.05) is 0 Å². The fraction of sp³-hybridized carbons (Fsp3) is 0.361. The van der Waals surface area contributed by atoms with Crippen molar-refractivity contribution in [2.45, 2.75) is 77.8 Å². The van der Waals surface area contributed by atoms with Crippen molar-refractivity contribution in [1.82, 2.24) is 15.2 Å². The molecule has 1 N–H and O–H groups in total. The molecule has 0 atom stereocenters. The number of nitrogens with zero attached hydrogens (tertiary/aromatic N) is 3. The molecule has 0 bridgehead atoms. The van der Waals surface area contributed by atoms with Gasteiger partial charge in [-0.15, -0.1) is 0 Å². The van der Waals surface area contributed by atoms with Crippen LogP contribution in [0.2, 0.25) is 0 Å². The van der Waals surface area contributed by atoms with Crippen LogP contribution in [0.1, 0.15) is 62.3 Å².